The van der Waals surface area contributed by atoms with Gasteiger partial charge in [0, 0.05) is 38.3 Å². The fourth-order valence-corrected chi connectivity index (χ4v) is 4.73. The van der Waals surface area contributed by atoms with Gasteiger partial charge in [-0.3, -0.25) is 4.79 Å². The number of rotatable bonds is 8. The first-order chi connectivity index (χ1) is 14.8. The van der Waals surface area contributed by atoms with Gasteiger partial charge in [0.2, 0.25) is 10.0 Å². The van der Waals surface area contributed by atoms with Crippen molar-refractivity contribution < 1.29 is 22.3 Å². The van der Waals surface area contributed by atoms with Crippen LogP contribution in [0.25, 0.3) is 0 Å². The lowest BCUT2D eigenvalue weighted by Gasteiger charge is -2.35. The van der Waals surface area contributed by atoms with Crippen LogP contribution >= 0.6 is 0 Å². The van der Waals surface area contributed by atoms with Crippen molar-refractivity contribution in [1.29, 1.82) is 0 Å². The van der Waals surface area contributed by atoms with E-state index in [1.54, 1.807) is 42.5 Å². The Bertz CT molecular complexity index is 988. The third-order valence-electron chi connectivity index (χ3n) is 4.96. The largest absolute Gasteiger partial charge is 0.491 e. The molecule has 0 radical (unpaired) electrons. The molecule has 1 aliphatic heterocycles. The summed E-state index contributed by atoms with van der Waals surface area (Å²) in [6, 6.07) is 13.2. The molecule has 0 saturated carbocycles. The van der Waals surface area contributed by atoms with Crippen LogP contribution in [0.4, 0.5) is 10.1 Å². The third kappa shape index (κ3) is 6.18. The molecule has 1 amide bonds. The number of carbonyl (C=O) groups is 1. The summed E-state index contributed by atoms with van der Waals surface area (Å²) in [7, 11) is -3.52. The number of sulfonamides is 1. The zero-order valence-electron chi connectivity index (χ0n) is 17.8. The van der Waals surface area contributed by atoms with Crippen molar-refractivity contribution in [2.75, 3.05) is 43.4 Å². The number of anilines is 1. The number of nitrogens with zero attached hydrogens (tertiary/aromatic N) is 2. The fraction of sp³-hybridized carbons (Fsp3) is 0.409. The lowest BCUT2D eigenvalue weighted by molar-refractivity contribution is 0.0956. The van der Waals surface area contributed by atoms with Crippen molar-refractivity contribution in [2.24, 2.45) is 0 Å². The van der Waals surface area contributed by atoms with E-state index in [-0.39, 0.29) is 43.2 Å². The number of hydrogen-bond acceptors (Lipinski definition) is 5. The highest BCUT2D eigenvalue weighted by molar-refractivity contribution is 7.89. The summed E-state index contributed by atoms with van der Waals surface area (Å²) in [5.74, 6) is -0.169. The quantitative estimate of drug-likeness (QED) is 0.670. The minimum absolute atomic E-state index is 0.0128. The molecule has 0 aromatic heterocycles. The number of piperazine rings is 1. The Hall–Kier alpha value is -2.65. The summed E-state index contributed by atoms with van der Waals surface area (Å²) in [5, 5.41) is 2.65. The van der Waals surface area contributed by atoms with Crippen molar-refractivity contribution in [1.82, 2.24) is 9.62 Å². The van der Waals surface area contributed by atoms with Crippen molar-refractivity contribution >= 4 is 21.6 Å². The number of hydrogen-bond donors (Lipinski definition) is 1. The molecule has 1 fully saturated rings. The van der Waals surface area contributed by atoms with Gasteiger partial charge in [0.15, 0.2) is 0 Å². The topological polar surface area (TPSA) is 78.9 Å². The molecule has 1 aliphatic rings. The summed E-state index contributed by atoms with van der Waals surface area (Å²) in [5.41, 5.74) is 0.920. The van der Waals surface area contributed by atoms with Gasteiger partial charge in [0.1, 0.15) is 11.6 Å². The third-order valence-corrected chi connectivity index (χ3v) is 6.83. The molecule has 7 nitrogen and oxygen atoms in total. The first-order valence-corrected chi connectivity index (χ1v) is 11.9. The SMILES string of the molecule is CC(C)Oc1ccc(C(=O)NCCS(=O)(=O)N2CCN(c3ccccc3F)CC2)cc1. The summed E-state index contributed by atoms with van der Waals surface area (Å²) in [4.78, 5) is 14.1. The molecule has 31 heavy (non-hydrogen) atoms. The summed E-state index contributed by atoms with van der Waals surface area (Å²) >= 11 is 0. The van der Waals surface area contributed by atoms with Crippen LogP contribution in [0.3, 0.4) is 0 Å². The van der Waals surface area contributed by atoms with E-state index in [0.717, 1.165) is 0 Å². The molecule has 0 spiro atoms. The minimum atomic E-state index is -3.52. The number of halogens is 1. The molecule has 9 heteroatoms. The van der Waals surface area contributed by atoms with Crippen LogP contribution in [0.2, 0.25) is 0 Å². The van der Waals surface area contributed by atoms with Crippen LogP contribution in [0, 0.1) is 5.82 Å². The maximum atomic E-state index is 13.9. The number of para-hydroxylation sites is 1. The van der Waals surface area contributed by atoms with E-state index in [9.17, 15) is 17.6 Å². The molecule has 2 aromatic carbocycles. The maximum absolute atomic E-state index is 13.9. The highest BCUT2D eigenvalue weighted by atomic mass is 32.2. The predicted molar refractivity (Wildman–Crippen MR) is 119 cm³/mol. The normalized spacial score (nSPS) is 15.2. The summed E-state index contributed by atoms with van der Waals surface area (Å²) in [6.07, 6.45) is 0.0402. The first kappa shape index (κ1) is 23.0. The Labute approximate surface area is 182 Å². The van der Waals surface area contributed by atoms with Gasteiger partial charge in [-0.15, -0.1) is 0 Å². The van der Waals surface area contributed by atoms with E-state index in [1.807, 2.05) is 18.7 Å². The van der Waals surface area contributed by atoms with Gasteiger partial charge in [-0.1, -0.05) is 12.1 Å². The molecule has 3 rings (SSSR count). The average Bonchev–Trinajstić information content (AvgIpc) is 2.74. The zero-order chi connectivity index (χ0) is 22.4. The highest BCUT2D eigenvalue weighted by Crippen LogP contribution is 2.21. The van der Waals surface area contributed by atoms with Crippen molar-refractivity contribution in [3.8, 4) is 5.75 Å². The van der Waals surface area contributed by atoms with E-state index in [4.69, 9.17) is 4.74 Å². The Morgan fingerprint density at radius 1 is 1.06 bits per heavy atom. The predicted octanol–water partition coefficient (Wildman–Crippen LogP) is 2.49. The Morgan fingerprint density at radius 3 is 2.32 bits per heavy atom. The average molecular weight is 450 g/mol. The van der Waals surface area contributed by atoms with Gasteiger partial charge in [-0.25, -0.2) is 12.8 Å². The van der Waals surface area contributed by atoms with Gasteiger partial charge in [0.25, 0.3) is 5.91 Å². The van der Waals surface area contributed by atoms with Gasteiger partial charge < -0.3 is 15.0 Å². The van der Waals surface area contributed by atoms with Crippen molar-refractivity contribution in [2.45, 2.75) is 20.0 Å². The number of amides is 1. The van der Waals surface area contributed by atoms with E-state index in [2.05, 4.69) is 5.32 Å². The standard InChI is InChI=1S/C22H28FN3O4S/c1-17(2)30-19-9-7-18(8-10-19)22(27)24-11-16-31(28,29)26-14-12-25(13-15-26)21-6-4-3-5-20(21)23/h3-10,17H,11-16H2,1-2H3,(H,24,27). The second-order valence-electron chi connectivity index (χ2n) is 7.60. The molecule has 0 atom stereocenters. The number of benzene rings is 2. The van der Waals surface area contributed by atoms with E-state index < -0.39 is 10.0 Å². The first-order valence-electron chi connectivity index (χ1n) is 10.3. The lowest BCUT2D eigenvalue weighted by atomic mass is 10.2. The molecular weight excluding hydrogens is 421 g/mol. The number of carbonyl (C=O) groups excluding carboxylic acids is 1. The lowest BCUT2D eigenvalue weighted by Crippen LogP contribution is -2.50. The van der Waals surface area contributed by atoms with Crippen LogP contribution in [-0.4, -0.2) is 63.2 Å². The number of nitrogens with one attached hydrogen (secondary N) is 1. The molecular formula is C22H28FN3O4S. The van der Waals surface area contributed by atoms with Crippen molar-refractivity contribution in [3.05, 3.63) is 59.9 Å². The smallest absolute Gasteiger partial charge is 0.251 e. The zero-order valence-corrected chi connectivity index (χ0v) is 18.6. The molecule has 1 N–H and O–H groups in total. The van der Waals surface area contributed by atoms with E-state index in [1.165, 1.54) is 10.4 Å². The van der Waals surface area contributed by atoms with Gasteiger partial charge in [-0.2, -0.15) is 4.31 Å². The maximum Gasteiger partial charge on any atom is 0.251 e. The monoisotopic (exact) mass is 449 g/mol. The molecule has 168 valence electrons. The Balaban J connectivity index is 1.47. The molecule has 1 heterocycles. The molecule has 1 saturated heterocycles. The second-order valence-corrected chi connectivity index (χ2v) is 9.69. The van der Waals surface area contributed by atoms with E-state index >= 15 is 0 Å². The Morgan fingerprint density at radius 2 is 1.71 bits per heavy atom. The van der Waals surface area contributed by atoms with Gasteiger partial charge >= 0.3 is 0 Å². The Kier molecular flexibility index (Phi) is 7.50. The highest BCUT2D eigenvalue weighted by Gasteiger charge is 2.27. The second kappa shape index (κ2) is 10.1. The molecule has 0 bridgehead atoms. The van der Waals surface area contributed by atoms with Crippen molar-refractivity contribution in [3.63, 3.8) is 0 Å². The fourth-order valence-electron chi connectivity index (χ4n) is 3.40. The molecule has 0 unspecified atom stereocenters. The van der Waals surface area contributed by atoms with Crippen LogP contribution in [0.5, 0.6) is 5.75 Å². The van der Waals surface area contributed by atoms with Crippen LogP contribution < -0.4 is 15.0 Å². The number of ether oxygens (including phenoxy) is 1. The minimum Gasteiger partial charge on any atom is -0.491 e. The molecule has 2 aromatic rings. The van der Waals surface area contributed by atoms with Crippen LogP contribution in [-0.2, 0) is 10.0 Å². The van der Waals surface area contributed by atoms with Gasteiger partial charge in [0.05, 0.1) is 17.5 Å². The summed E-state index contributed by atoms with van der Waals surface area (Å²) in [6.45, 7) is 5.24. The molecule has 0 aliphatic carbocycles. The van der Waals surface area contributed by atoms with E-state index in [0.29, 0.717) is 30.1 Å². The van der Waals surface area contributed by atoms with Crippen LogP contribution in [0.1, 0.15) is 24.2 Å². The summed E-state index contributed by atoms with van der Waals surface area (Å²) < 4.78 is 46.1. The van der Waals surface area contributed by atoms with Crippen LogP contribution in [0.15, 0.2) is 48.5 Å². The van der Waals surface area contributed by atoms with Gasteiger partial charge in [-0.05, 0) is 50.2 Å².